The van der Waals surface area contributed by atoms with Gasteiger partial charge in [-0.25, -0.2) is 4.18 Å². The van der Waals surface area contributed by atoms with Gasteiger partial charge in [0.15, 0.2) is 6.54 Å². The van der Waals surface area contributed by atoms with Crippen molar-refractivity contribution >= 4 is 55.5 Å². The molecule has 0 radical (unpaired) electrons. The monoisotopic (exact) mass is 520 g/mol. The predicted molar refractivity (Wildman–Crippen MR) is 138 cm³/mol. The van der Waals surface area contributed by atoms with Gasteiger partial charge in [-0.1, -0.05) is 47.4 Å². The summed E-state index contributed by atoms with van der Waals surface area (Å²) in [6, 6.07) is 16.6. The Hall–Kier alpha value is -2.21. The van der Waals surface area contributed by atoms with Crippen molar-refractivity contribution in [2.24, 2.45) is 0 Å². The first kappa shape index (κ1) is 26.4. The number of nitrogens with zero attached hydrogens (tertiary/aromatic N) is 2. The highest BCUT2D eigenvalue weighted by atomic mass is 32.3. The summed E-state index contributed by atoms with van der Waals surface area (Å²) < 4.78 is 39.1. The molecule has 10 heteroatoms. The fraction of sp³-hybridized carbons (Fsp3) is 0.292. The lowest BCUT2D eigenvalue weighted by Gasteiger charge is -2.17. The maximum atomic E-state index is 11.0. The van der Waals surface area contributed by atoms with Gasteiger partial charge in [0.25, 0.3) is 5.01 Å². The number of aryl methyl sites for hydroxylation is 1. The zero-order valence-electron chi connectivity index (χ0n) is 19.2. The standard InChI is InChI=1S/C24H26N2O4S3.H2O/c1-4-25-19-9-5-7-11-21(19)31-23(25)15-17(2)16-24-26(14-13-18(3)30-33(27,28)29)20-10-6-8-12-22(20)32-24;/h5-12,15-16,18H,4,13-14H2,1-3H3;1H2. The van der Waals surface area contributed by atoms with Crippen LogP contribution in [0.3, 0.4) is 0 Å². The van der Waals surface area contributed by atoms with Crippen LogP contribution < -0.4 is 9.47 Å². The van der Waals surface area contributed by atoms with Gasteiger partial charge in [0, 0.05) is 30.0 Å². The van der Waals surface area contributed by atoms with E-state index in [-0.39, 0.29) is 5.48 Å². The third kappa shape index (κ3) is 6.07. The first-order chi connectivity index (χ1) is 15.7. The Morgan fingerprint density at radius 1 is 1.21 bits per heavy atom. The Balaban J connectivity index is 0.00000324. The molecule has 0 spiro atoms. The van der Waals surface area contributed by atoms with Crippen LogP contribution in [0, 0.1) is 0 Å². The molecule has 0 saturated carbocycles. The molecule has 1 unspecified atom stereocenters. The van der Waals surface area contributed by atoms with Crippen molar-refractivity contribution in [2.75, 3.05) is 11.4 Å². The average molecular weight is 521 g/mol. The maximum absolute atomic E-state index is 11.0. The molecule has 0 fully saturated rings. The van der Waals surface area contributed by atoms with E-state index in [1.54, 1.807) is 30.0 Å². The molecule has 34 heavy (non-hydrogen) atoms. The van der Waals surface area contributed by atoms with Crippen LogP contribution in [0.4, 0.5) is 5.69 Å². The van der Waals surface area contributed by atoms with Crippen molar-refractivity contribution in [3.8, 4) is 0 Å². The number of rotatable bonds is 8. The lowest BCUT2D eigenvalue weighted by Crippen LogP contribution is -2.37. The molecule has 1 atom stereocenters. The van der Waals surface area contributed by atoms with Gasteiger partial charge in [-0.15, -0.1) is 0 Å². The summed E-state index contributed by atoms with van der Waals surface area (Å²) in [5, 5.41) is 2.28. The Morgan fingerprint density at radius 3 is 2.65 bits per heavy atom. The van der Waals surface area contributed by atoms with E-state index in [1.165, 1.54) is 15.6 Å². The third-order valence-corrected chi connectivity index (χ3v) is 8.13. The molecule has 1 aliphatic heterocycles. The summed E-state index contributed by atoms with van der Waals surface area (Å²) in [6.07, 6.45) is 4.20. The van der Waals surface area contributed by atoms with E-state index in [4.69, 9.17) is 8.74 Å². The Kier molecular flexibility index (Phi) is 8.56. The van der Waals surface area contributed by atoms with E-state index < -0.39 is 16.5 Å². The van der Waals surface area contributed by atoms with Crippen molar-refractivity contribution in [3.63, 3.8) is 0 Å². The summed E-state index contributed by atoms with van der Waals surface area (Å²) >= 11 is 3.48. The van der Waals surface area contributed by atoms with E-state index in [2.05, 4.69) is 71.9 Å². The van der Waals surface area contributed by atoms with E-state index in [0.717, 1.165) is 27.3 Å². The normalized spacial score (nSPS) is 16.1. The number of benzene rings is 2. The van der Waals surface area contributed by atoms with Gasteiger partial charge in [0.1, 0.15) is 4.70 Å². The summed E-state index contributed by atoms with van der Waals surface area (Å²) in [5.41, 5.74) is 3.46. The van der Waals surface area contributed by atoms with Gasteiger partial charge in [-0.2, -0.15) is 13.0 Å². The highest BCUT2D eigenvalue weighted by molar-refractivity contribution is 8.03. The van der Waals surface area contributed by atoms with Crippen LogP contribution >= 0.6 is 23.1 Å². The predicted octanol–water partition coefficient (Wildman–Crippen LogP) is 5.49. The lowest BCUT2D eigenvalue weighted by atomic mass is 10.2. The summed E-state index contributed by atoms with van der Waals surface area (Å²) in [6.45, 7) is 7.37. The number of allylic oxidation sites excluding steroid dienone is 2. The molecule has 0 amide bonds. The molecule has 2 heterocycles. The lowest BCUT2D eigenvalue weighted by molar-refractivity contribution is -0.670. The average Bonchev–Trinajstić information content (AvgIpc) is 3.27. The topological polar surface area (TPSA) is 101 Å². The van der Waals surface area contributed by atoms with Crippen molar-refractivity contribution in [2.45, 2.75) is 44.7 Å². The van der Waals surface area contributed by atoms with Gasteiger partial charge >= 0.3 is 10.4 Å². The number of thiazole rings is 1. The first-order valence-electron chi connectivity index (χ1n) is 10.8. The number of fused-ring (bicyclic) bond motifs is 2. The second kappa shape index (κ2) is 11.0. The largest absolute Gasteiger partial charge is 0.870 e. The van der Waals surface area contributed by atoms with Crippen molar-refractivity contribution in [3.05, 3.63) is 70.2 Å². The molecule has 1 aliphatic rings. The molecule has 182 valence electrons. The van der Waals surface area contributed by atoms with Crippen LogP contribution in [0.1, 0.15) is 32.2 Å². The number of para-hydroxylation sites is 2. The fourth-order valence-electron chi connectivity index (χ4n) is 3.88. The van der Waals surface area contributed by atoms with Crippen molar-refractivity contribution in [1.29, 1.82) is 0 Å². The molecular formula is C24H28N2O5S3. The second-order valence-corrected chi connectivity index (χ2v) is 11.0. The van der Waals surface area contributed by atoms with Gasteiger partial charge in [0.2, 0.25) is 5.52 Å². The molecule has 0 aliphatic carbocycles. The van der Waals surface area contributed by atoms with Crippen LogP contribution in [0.25, 0.3) is 16.3 Å². The van der Waals surface area contributed by atoms with E-state index >= 15 is 0 Å². The second-order valence-electron chi connectivity index (χ2n) is 7.87. The molecule has 7 nitrogen and oxygen atoms in total. The number of hydrogen-bond donors (Lipinski definition) is 1. The van der Waals surface area contributed by atoms with Gasteiger partial charge in [0.05, 0.1) is 16.8 Å². The Bertz CT molecular complexity index is 1330. The highest BCUT2D eigenvalue weighted by Gasteiger charge is 2.24. The van der Waals surface area contributed by atoms with E-state index in [9.17, 15) is 8.42 Å². The van der Waals surface area contributed by atoms with Crippen LogP contribution in [0.5, 0.6) is 0 Å². The van der Waals surface area contributed by atoms with Crippen molar-refractivity contribution < 1.29 is 27.2 Å². The number of thioether (sulfide) groups is 1. The van der Waals surface area contributed by atoms with Gasteiger partial charge in [-0.05, 0) is 50.6 Å². The van der Waals surface area contributed by atoms with Crippen molar-refractivity contribution in [1.82, 2.24) is 0 Å². The molecule has 0 bridgehead atoms. The summed E-state index contributed by atoms with van der Waals surface area (Å²) in [4.78, 5) is 3.59. The third-order valence-electron chi connectivity index (χ3n) is 5.34. The summed E-state index contributed by atoms with van der Waals surface area (Å²) in [7, 11) is -4.46. The Morgan fingerprint density at radius 2 is 1.91 bits per heavy atom. The number of anilines is 1. The van der Waals surface area contributed by atoms with Gasteiger partial charge in [-0.3, -0.25) is 4.55 Å². The molecule has 2 aromatic carbocycles. The molecule has 0 saturated heterocycles. The molecule has 1 aromatic heterocycles. The minimum atomic E-state index is -4.46. The van der Waals surface area contributed by atoms with Gasteiger partial charge < -0.3 is 10.4 Å². The van der Waals surface area contributed by atoms with Crippen LogP contribution in [0.15, 0.2) is 70.1 Å². The summed E-state index contributed by atoms with van der Waals surface area (Å²) in [5.74, 6) is 0. The minimum Gasteiger partial charge on any atom is -0.870 e. The van der Waals surface area contributed by atoms with E-state index in [0.29, 0.717) is 13.0 Å². The highest BCUT2D eigenvalue weighted by Crippen LogP contribution is 2.45. The Labute approximate surface area is 208 Å². The maximum Gasteiger partial charge on any atom is 0.397 e. The number of hydrogen-bond acceptors (Lipinski definition) is 7. The SMILES string of the molecule is CCN1C(=CC(C)=Cc2sc3ccccc3[n+]2CCC(C)OS(=O)(=O)O)Sc2ccccc21.[OH-]. The zero-order chi connectivity index (χ0) is 23.6. The smallest absolute Gasteiger partial charge is 0.397 e. The first-order valence-corrected chi connectivity index (χ1v) is 13.8. The quantitative estimate of drug-likeness (QED) is 0.310. The number of aromatic nitrogens is 1. The minimum absolute atomic E-state index is 0. The molecule has 3 aromatic rings. The van der Waals surface area contributed by atoms with Crippen LogP contribution in [-0.4, -0.2) is 31.1 Å². The van der Waals surface area contributed by atoms with E-state index in [1.807, 2.05) is 12.1 Å². The van der Waals surface area contributed by atoms with Crippen LogP contribution in [-0.2, 0) is 21.1 Å². The fourth-order valence-corrected chi connectivity index (χ4v) is 6.82. The van der Waals surface area contributed by atoms with Crippen LogP contribution in [0.2, 0.25) is 0 Å². The molecule has 4 rings (SSSR count). The molecular weight excluding hydrogens is 492 g/mol. The zero-order valence-corrected chi connectivity index (χ0v) is 21.7. The molecule has 2 N–H and O–H groups in total.